The van der Waals surface area contributed by atoms with Gasteiger partial charge in [-0.2, -0.15) is 4.68 Å². The summed E-state index contributed by atoms with van der Waals surface area (Å²) in [5, 5.41) is 11.9. The van der Waals surface area contributed by atoms with Crippen LogP contribution in [0, 0.1) is 6.92 Å². The molecule has 10 heteroatoms. The highest BCUT2D eigenvalue weighted by molar-refractivity contribution is 8.00. The Hall–Kier alpha value is -2.72. The standard InChI is InChI=1S/C18H19N5O3S2/c1-12-5-4-6-16(11-12)23-18(19-21-22-23)27-13(2)17(24)14-7-9-15(10-8-14)20-28(3,25)26/h4-11,13,20H,1-3H3/t13-/m0/s1. The lowest BCUT2D eigenvalue weighted by atomic mass is 10.1. The highest BCUT2D eigenvalue weighted by Gasteiger charge is 2.20. The lowest BCUT2D eigenvalue weighted by molar-refractivity contribution is 0.0994. The molecule has 0 radical (unpaired) electrons. The van der Waals surface area contributed by atoms with Crippen molar-refractivity contribution < 1.29 is 13.2 Å². The zero-order valence-corrected chi connectivity index (χ0v) is 17.2. The van der Waals surface area contributed by atoms with E-state index in [1.54, 1.807) is 35.9 Å². The topological polar surface area (TPSA) is 107 Å². The monoisotopic (exact) mass is 417 g/mol. The third kappa shape index (κ3) is 4.96. The van der Waals surface area contributed by atoms with Crippen LogP contribution in [0.25, 0.3) is 5.69 Å². The largest absolute Gasteiger partial charge is 0.293 e. The predicted molar refractivity (Wildman–Crippen MR) is 108 cm³/mol. The Kier molecular flexibility index (Phi) is 5.80. The van der Waals surface area contributed by atoms with E-state index in [1.807, 2.05) is 31.2 Å². The fourth-order valence-corrected chi connectivity index (χ4v) is 3.99. The van der Waals surface area contributed by atoms with E-state index in [-0.39, 0.29) is 5.78 Å². The Bertz CT molecular complexity index is 1090. The molecule has 0 bridgehead atoms. The Labute approximate surface area is 167 Å². The summed E-state index contributed by atoms with van der Waals surface area (Å²) < 4.78 is 26.5. The van der Waals surface area contributed by atoms with Crippen molar-refractivity contribution in [2.75, 3.05) is 11.0 Å². The van der Waals surface area contributed by atoms with Gasteiger partial charge in [-0.1, -0.05) is 23.9 Å². The molecule has 1 N–H and O–H groups in total. The molecule has 3 aromatic rings. The summed E-state index contributed by atoms with van der Waals surface area (Å²) >= 11 is 1.26. The summed E-state index contributed by atoms with van der Waals surface area (Å²) in [6.07, 6.45) is 1.07. The van der Waals surface area contributed by atoms with Gasteiger partial charge < -0.3 is 0 Å². The van der Waals surface area contributed by atoms with Crippen molar-refractivity contribution in [2.24, 2.45) is 0 Å². The fourth-order valence-electron chi connectivity index (χ4n) is 2.54. The lowest BCUT2D eigenvalue weighted by Gasteiger charge is -2.11. The van der Waals surface area contributed by atoms with Gasteiger partial charge in [0.2, 0.25) is 15.2 Å². The van der Waals surface area contributed by atoms with Gasteiger partial charge in [-0.25, -0.2) is 8.42 Å². The Morgan fingerprint density at radius 3 is 2.54 bits per heavy atom. The number of rotatable bonds is 7. The minimum Gasteiger partial charge on any atom is -0.293 e. The first-order chi connectivity index (χ1) is 13.2. The number of aromatic nitrogens is 4. The van der Waals surface area contributed by atoms with Gasteiger partial charge in [-0.3, -0.25) is 9.52 Å². The van der Waals surface area contributed by atoms with Gasteiger partial charge in [-0.05, 0) is 66.2 Å². The molecule has 1 aromatic heterocycles. The molecule has 0 amide bonds. The molecule has 146 valence electrons. The van der Waals surface area contributed by atoms with Crippen molar-refractivity contribution in [1.82, 2.24) is 20.2 Å². The smallest absolute Gasteiger partial charge is 0.229 e. The summed E-state index contributed by atoms with van der Waals surface area (Å²) in [5.74, 6) is -0.102. The van der Waals surface area contributed by atoms with E-state index in [2.05, 4.69) is 20.2 Å². The van der Waals surface area contributed by atoms with E-state index in [9.17, 15) is 13.2 Å². The van der Waals surface area contributed by atoms with Crippen LogP contribution in [0.3, 0.4) is 0 Å². The molecule has 1 heterocycles. The van der Waals surface area contributed by atoms with E-state index < -0.39 is 15.3 Å². The first-order valence-corrected chi connectivity index (χ1v) is 11.1. The maximum atomic E-state index is 12.7. The second-order valence-electron chi connectivity index (χ2n) is 6.29. The normalized spacial score (nSPS) is 12.5. The van der Waals surface area contributed by atoms with Crippen LogP contribution in [0.5, 0.6) is 0 Å². The molecular formula is C18H19N5O3S2. The number of thioether (sulfide) groups is 1. The zero-order chi connectivity index (χ0) is 20.3. The van der Waals surface area contributed by atoms with Gasteiger partial charge in [0.15, 0.2) is 5.78 Å². The van der Waals surface area contributed by atoms with Crippen molar-refractivity contribution in [3.05, 3.63) is 59.7 Å². The molecule has 0 aliphatic heterocycles. The number of hydrogen-bond donors (Lipinski definition) is 1. The van der Waals surface area contributed by atoms with Gasteiger partial charge in [0, 0.05) is 11.3 Å². The number of ketones is 1. The molecule has 2 aromatic carbocycles. The summed E-state index contributed by atoms with van der Waals surface area (Å²) in [7, 11) is -3.36. The zero-order valence-electron chi connectivity index (χ0n) is 15.5. The van der Waals surface area contributed by atoms with Crippen LogP contribution >= 0.6 is 11.8 Å². The first kappa shape index (κ1) is 20.0. The van der Waals surface area contributed by atoms with Crippen molar-refractivity contribution in [3.8, 4) is 5.69 Å². The first-order valence-electron chi connectivity index (χ1n) is 8.37. The molecular weight excluding hydrogens is 398 g/mol. The van der Waals surface area contributed by atoms with Crippen LogP contribution in [-0.2, 0) is 10.0 Å². The Balaban J connectivity index is 1.74. The molecule has 0 saturated carbocycles. The van der Waals surface area contributed by atoms with Gasteiger partial charge in [-0.15, -0.1) is 5.10 Å². The number of tetrazole rings is 1. The number of carbonyl (C=O) groups excluding carboxylic acids is 1. The minimum atomic E-state index is -3.36. The third-order valence-corrected chi connectivity index (χ3v) is 5.45. The summed E-state index contributed by atoms with van der Waals surface area (Å²) in [6, 6.07) is 14.1. The Morgan fingerprint density at radius 1 is 1.18 bits per heavy atom. The summed E-state index contributed by atoms with van der Waals surface area (Å²) in [5.41, 5.74) is 2.79. The maximum absolute atomic E-state index is 12.7. The van der Waals surface area contributed by atoms with Crippen molar-refractivity contribution in [1.29, 1.82) is 0 Å². The second kappa shape index (κ2) is 8.11. The molecule has 0 aliphatic rings. The third-order valence-electron chi connectivity index (χ3n) is 3.81. The molecule has 0 saturated heterocycles. The minimum absolute atomic E-state index is 0.102. The maximum Gasteiger partial charge on any atom is 0.229 e. The van der Waals surface area contributed by atoms with Crippen molar-refractivity contribution in [2.45, 2.75) is 24.3 Å². The number of carbonyl (C=O) groups is 1. The second-order valence-corrected chi connectivity index (χ2v) is 9.34. The molecule has 1 atom stereocenters. The van der Waals surface area contributed by atoms with Crippen LogP contribution in [0.4, 0.5) is 5.69 Å². The van der Waals surface area contributed by atoms with Crippen LogP contribution in [0.1, 0.15) is 22.8 Å². The van der Waals surface area contributed by atoms with E-state index in [0.29, 0.717) is 16.4 Å². The van der Waals surface area contributed by atoms with Crippen LogP contribution in [0.2, 0.25) is 0 Å². The molecule has 0 spiro atoms. The average molecular weight is 418 g/mol. The molecule has 3 rings (SSSR count). The van der Waals surface area contributed by atoms with E-state index in [0.717, 1.165) is 17.5 Å². The number of nitrogens with zero attached hydrogens (tertiary/aromatic N) is 4. The number of sulfonamides is 1. The molecule has 0 aliphatic carbocycles. The summed E-state index contributed by atoms with van der Waals surface area (Å²) in [4.78, 5) is 12.7. The van der Waals surface area contributed by atoms with E-state index in [1.165, 1.54) is 11.8 Å². The molecule has 28 heavy (non-hydrogen) atoms. The highest BCUT2D eigenvalue weighted by Crippen LogP contribution is 2.26. The quantitative estimate of drug-likeness (QED) is 0.465. The van der Waals surface area contributed by atoms with Gasteiger partial charge in [0.05, 0.1) is 17.2 Å². The van der Waals surface area contributed by atoms with Crippen molar-refractivity contribution >= 4 is 33.3 Å². The number of aryl methyl sites for hydroxylation is 1. The molecule has 0 unspecified atom stereocenters. The van der Waals surface area contributed by atoms with Crippen LogP contribution in [0.15, 0.2) is 53.7 Å². The van der Waals surface area contributed by atoms with Gasteiger partial charge in [0.25, 0.3) is 0 Å². The predicted octanol–water partition coefficient (Wildman–Crippen LogP) is 2.71. The van der Waals surface area contributed by atoms with E-state index >= 15 is 0 Å². The number of Topliss-reactive ketones (excluding diaryl/α,β-unsaturated/α-hetero) is 1. The SMILES string of the molecule is Cc1cccc(-n2nnnc2S[C@@H](C)C(=O)c2ccc(NS(C)(=O)=O)cc2)c1. The average Bonchev–Trinajstić information content (AvgIpc) is 3.08. The highest BCUT2D eigenvalue weighted by atomic mass is 32.2. The fraction of sp³-hybridized carbons (Fsp3) is 0.222. The number of benzene rings is 2. The van der Waals surface area contributed by atoms with Crippen LogP contribution in [-0.4, -0.2) is 45.9 Å². The van der Waals surface area contributed by atoms with Crippen LogP contribution < -0.4 is 4.72 Å². The molecule has 8 nitrogen and oxygen atoms in total. The lowest BCUT2D eigenvalue weighted by Crippen LogP contribution is -2.15. The van der Waals surface area contributed by atoms with Gasteiger partial charge >= 0.3 is 0 Å². The number of hydrogen-bond acceptors (Lipinski definition) is 7. The van der Waals surface area contributed by atoms with E-state index in [4.69, 9.17) is 0 Å². The summed E-state index contributed by atoms with van der Waals surface area (Å²) in [6.45, 7) is 3.76. The molecule has 0 fully saturated rings. The van der Waals surface area contributed by atoms with Gasteiger partial charge in [0.1, 0.15) is 0 Å². The van der Waals surface area contributed by atoms with Crippen molar-refractivity contribution in [3.63, 3.8) is 0 Å². The number of anilines is 1. The number of nitrogens with one attached hydrogen (secondary N) is 1. The Morgan fingerprint density at radius 2 is 1.89 bits per heavy atom.